The Hall–Kier alpha value is -1.67. The van der Waals surface area contributed by atoms with Gasteiger partial charge in [-0.2, -0.15) is 0 Å². The van der Waals surface area contributed by atoms with Crippen LogP contribution < -0.4 is 5.32 Å². The monoisotopic (exact) mass is 285 g/mol. The molecular weight excluding hydrogens is 261 g/mol. The summed E-state index contributed by atoms with van der Waals surface area (Å²) in [5.74, 6) is -0.139. The smallest absolute Gasteiger partial charge is 0.127 e. The van der Waals surface area contributed by atoms with E-state index in [0.29, 0.717) is 0 Å². The van der Waals surface area contributed by atoms with E-state index in [1.54, 1.807) is 6.07 Å². The first kappa shape index (κ1) is 15.7. The third kappa shape index (κ3) is 4.40. The molecular formula is C19H24FN. The molecule has 0 aliphatic rings. The predicted octanol–water partition coefficient (Wildman–Crippen LogP) is 5.41. The minimum atomic E-state index is -0.139. The van der Waals surface area contributed by atoms with Crippen LogP contribution in [0.2, 0.25) is 0 Å². The second-order valence-electron chi connectivity index (χ2n) is 5.52. The molecule has 1 nitrogen and oxygen atoms in total. The highest BCUT2D eigenvalue weighted by atomic mass is 19.1. The summed E-state index contributed by atoms with van der Waals surface area (Å²) in [7, 11) is 0. The number of halogens is 1. The quantitative estimate of drug-likeness (QED) is 0.717. The van der Waals surface area contributed by atoms with Crippen LogP contribution in [0.4, 0.5) is 4.39 Å². The third-order valence-corrected chi connectivity index (χ3v) is 3.87. The Balaban J connectivity index is 2.13. The topological polar surface area (TPSA) is 12.0 Å². The third-order valence-electron chi connectivity index (χ3n) is 3.87. The van der Waals surface area contributed by atoms with Gasteiger partial charge in [0.05, 0.1) is 0 Å². The van der Waals surface area contributed by atoms with E-state index in [1.165, 1.54) is 18.1 Å². The van der Waals surface area contributed by atoms with Crippen molar-refractivity contribution in [3.8, 4) is 0 Å². The second kappa shape index (κ2) is 7.94. The summed E-state index contributed by atoms with van der Waals surface area (Å²) in [4.78, 5) is 0. The average molecular weight is 285 g/mol. The molecule has 21 heavy (non-hydrogen) atoms. The molecule has 0 saturated carbocycles. The molecule has 2 aromatic carbocycles. The molecule has 1 N–H and O–H groups in total. The van der Waals surface area contributed by atoms with Crippen molar-refractivity contribution in [1.82, 2.24) is 5.32 Å². The predicted molar refractivity (Wildman–Crippen MR) is 86.7 cm³/mol. The summed E-state index contributed by atoms with van der Waals surface area (Å²) in [6, 6.07) is 17.7. The SMILES string of the molecule is CCCCC(N[C@H](C)c1ccccc1F)c1ccccc1. The number of hydrogen-bond donors (Lipinski definition) is 1. The molecule has 0 fully saturated rings. The van der Waals surface area contributed by atoms with Crippen molar-refractivity contribution < 1.29 is 4.39 Å². The highest BCUT2D eigenvalue weighted by Gasteiger charge is 2.16. The van der Waals surface area contributed by atoms with Gasteiger partial charge in [0.15, 0.2) is 0 Å². The summed E-state index contributed by atoms with van der Waals surface area (Å²) < 4.78 is 13.9. The van der Waals surface area contributed by atoms with Crippen molar-refractivity contribution in [2.75, 3.05) is 0 Å². The molecule has 0 aliphatic carbocycles. The highest BCUT2D eigenvalue weighted by molar-refractivity contribution is 5.23. The van der Waals surface area contributed by atoms with Gasteiger partial charge in [-0.05, 0) is 25.0 Å². The maximum Gasteiger partial charge on any atom is 0.127 e. The van der Waals surface area contributed by atoms with E-state index in [0.717, 1.165) is 18.4 Å². The van der Waals surface area contributed by atoms with Crippen LogP contribution >= 0.6 is 0 Å². The fraction of sp³-hybridized carbons (Fsp3) is 0.368. The number of rotatable bonds is 7. The van der Waals surface area contributed by atoms with E-state index in [4.69, 9.17) is 0 Å². The van der Waals surface area contributed by atoms with Gasteiger partial charge in [0, 0.05) is 17.6 Å². The molecule has 112 valence electrons. The lowest BCUT2D eigenvalue weighted by molar-refractivity contribution is 0.421. The molecule has 1 unspecified atom stereocenters. The lowest BCUT2D eigenvalue weighted by Gasteiger charge is -2.24. The second-order valence-corrected chi connectivity index (χ2v) is 5.52. The normalized spacial score (nSPS) is 13.9. The Morgan fingerprint density at radius 3 is 2.33 bits per heavy atom. The van der Waals surface area contributed by atoms with Crippen LogP contribution in [0.5, 0.6) is 0 Å². The molecule has 0 radical (unpaired) electrons. The van der Waals surface area contributed by atoms with Gasteiger partial charge in [-0.3, -0.25) is 0 Å². The van der Waals surface area contributed by atoms with Crippen LogP contribution in [0.1, 0.15) is 56.3 Å². The van der Waals surface area contributed by atoms with Crippen molar-refractivity contribution in [2.45, 2.75) is 45.2 Å². The van der Waals surface area contributed by atoms with Crippen LogP contribution in [0.3, 0.4) is 0 Å². The lowest BCUT2D eigenvalue weighted by atomic mass is 9.98. The summed E-state index contributed by atoms with van der Waals surface area (Å²) >= 11 is 0. The maximum atomic E-state index is 13.9. The lowest BCUT2D eigenvalue weighted by Crippen LogP contribution is -2.25. The van der Waals surface area contributed by atoms with Crippen LogP contribution in [0.15, 0.2) is 54.6 Å². The van der Waals surface area contributed by atoms with Crippen molar-refractivity contribution in [1.29, 1.82) is 0 Å². The Labute approximate surface area is 127 Å². The van der Waals surface area contributed by atoms with Gasteiger partial charge >= 0.3 is 0 Å². The summed E-state index contributed by atoms with van der Waals surface area (Å²) in [5.41, 5.74) is 2.00. The number of nitrogens with one attached hydrogen (secondary N) is 1. The largest absolute Gasteiger partial charge is 0.303 e. The fourth-order valence-corrected chi connectivity index (χ4v) is 2.66. The Kier molecular flexibility index (Phi) is 5.94. The van der Waals surface area contributed by atoms with E-state index in [2.05, 4.69) is 36.5 Å². The van der Waals surface area contributed by atoms with Gasteiger partial charge in [0.2, 0.25) is 0 Å². The van der Waals surface area contributed by atoms with Crippen molar-refractivity contribution >= 4 is 0 Å². The molecule has 0 saturated heterocycles. The molecule has 0 amide bonds. The molecule has 2 atom stereocenters. The first-order valence-corrected chi connectivity index (χ1v) is 7.77. The Morgan fingerprint density at radius 2 is 1.67 bits per heavy atom. The minimum Gasteiger partial charge on any atom is -0.303 e. The molecule has 2 heteroatoms. The van der Waals surface area contributed by atoms with Crippen molar-refractivity contribution in [3.05, 3.63) is 71.5 Å². The maximum absolute atomic E-state index is 13.9. The van der Waals surface area contributed by atoms with Gasteiger partial charge in [-0.15, -0.1) is 0 Å². The number of hydrogen-bond acceptors (Lipinski definition) is 1. The number of unbranched alkanes of at least 4 members (excludes halogenated alkanes) is 1. The first-order chi connectivity index (χ1) is 10.2. The summed E-state index contributed by atoms with van der Waals surface area (Å²) in [6.45, 7) is 4.22. The van der Waals surface area contributed by atoms with Gasteiger partial charge < -0.3 is 5.32 Å². The van der Waals surface area contributed by atoms with E-state index in [9.17, 15) is 4.39 Å². The van der Waals surface area contributed by atoms with Gasteiger partial charge in [-0.25, -0.2) is 4.39 Å². The summed E-state index contributed by atoms with van der Waals surface area (Å²) in [6.07, 6.45) is 3.40. The molecule has 2 rings (SSSR count). The van der Waals surface area contributed by atoms with Crippen LogP contribution in [0, 0.1) is 5.82 Å². The highest BCUT2D eigenvalue weighted by Crippen LogP contribution is 2.25. The van der Waals surface area contributed by atoms with Gasteiger partial charge in [0.1, 0.15) is 5.82 Å². The average Bonchev–Trinajstić information content (AvgIpc) is 2.52. The molecule has 0 heterocycles. The molecule has 0 aromatic heterocycles. The molecule has 0 aliphatic heterocycles. The number of benzene rings is 2. The van der Waals surface area contributed by atoms with Crippen LogP contribution in [0.25, 0.3) is 0 Å². The molecule has 0 bridgehead atoms. The van der Waals surface area contributed by atoms with Gasteiger partial charge in [0.25, 0.3) is 0 Å². The zero-order valence-electron chi connectivity index (χ0n) is 12.9. The van der Waals surface area contributed by atoms with Gasteiger partial charge in [-0.1, -0.05) is 68.3 Å². The van der Waals surface area contributed by atoms with E-state index in [1.807, 2.05) is 25.1 Å². The summed E-state index contributed by atoms with van der Waals surface area (Å²) in [5, 5.41) is 3.59. The first-order valence-electron chi connectivity index (χ1n) is 7.77. The standard InChI is InChI=1S/C19H24FN/c1-3-4-14-19(16-10-6-5-7-11-16)21-15(2)17-12-8-9-13-18(17)20/h5-13,15,19,21H,3-4,14H2,1-2H3/t15-,19?/m1/s1. The van der Waals surface area contributed by atoms with Crippen LogP contribution in [-0.2, 0) is 0 Å². The molecule has 2 aromatic rings. The Bertz CT molecular complexity index is 538. The zero-order valence-corrected chi connectivity index (χ0v) is 12.9. The van der Waals surface area contributed by atoms with E-state index >= 15 is 0 Å². The van der Waals surface area contributed by atoms with E-state index in [-0.39, 0.29) is 17.9 Å². The van der Waals surface area contributed by atoms with Crippen molar-refractivity contribution in [3.63, 3.8) is 0 Å². The Morgan fingerprint density at radius 1 is 1.00 bits per heavy atom. The molecule has 0 spiro atoms. The van der Waals surface area contributed by atoms with E-state index < -0.39 is 0 Å². The van der Waals surface area contributed by atoms with Crippen LogP contribution in [-0.4, -0.2) is 0 Å². The fourth-order valence-electron chi connectivity index (χ4n) is 2.66. The zero-order chi connectivity index (χ0) is 15.1. The minimum absolute atomic E-state index is 0.00624. The van der Waals surface area contributed by atoms with Crippen molar-refractivity contribution in [2.24, 2.45) is 0 Å².